The molecule has 0 fully saturated rings. The number of halogens is 1. The van der Waals surface area contributed by atoms with E-state index in [0.717, 1.165) is 34.3 Å². The van der Waals surface area contributed by atoms with Crippen LogP contribution in [-0.4, -0.2) is 61.2 Å². The number of ether oxygens (including phenoxy) is 1. The number of imidazole rings is 1. The van der Waals surface area contributed by atoms with Crippen molar-refractivity contribution in [2.75, 3.05) is 21.2 Å². The minimum absolute atomic E-state index is 0.399. The lowest BCUT2D eigenvalue weighted by atomic mass is 10.1. The molecule has 5 heterocycles. The number of methoxy groups -OCH3 is 1. The third kappa shape index (κ3) is 4.27. The fourth-order valence-electron chi connectivity index (χ4n) is 4.43. The zero-order valence-electron chi connectivity index (χ0n) is 20.5. The average molecular weight is 495 g/mol. The number of H-pyrrole nitrogens is 2. The number of aromatic amines is 2. The Kier molecular flexibility index (Phi) is 5.57. The SMILES string of the molecule is COc1cc(F)cc(-c2cncc3[nH]c(-c4n[nH]c5cnc(-c6cncc(CN(C)C)c6)cc45)nc23)c1. The van der Waals surface area contributed by atoms with E-state index in [0.29, 0.717) is 39.4 Å². The Morgan fingerprint density at radius 1 is 0.919 bits per heavy atom. The molecule has 0 saturated heterocycles. The summed E-state index contributed by atoms with van der Waals surface area (Å²) < 4.78 is 19.5. The van der Waals surface area contributed by atoms with Crippen LogP contribution in [0.1, 0.15) is 5.56 Å². The lowest BCUT2D eigenvalue weighted by Crippen LogP contribution is -2.10. The molecule has 184 valence electrons. The maximum absolute atomic E-state index is 14.2. The number of pyridine rings is 3. The maximum atomic E-state index is 14.2. The van der Waals surface area contributed by atoms with Crippen molar-refractivity contribution in [1.29, 1.82) is 0 Å². The first-order valence-electron chi connectivity index (χ1n) is 11.6. The van der Waals surface area contributed by atoms with Gasteiger partial charge in [-0.2, -0.15) is 5.10 Å². The van der Waals surface area contributed by atoms with Gasteiger partial charge in [-0.15, -0.1) is 0 Å². The molecule has 0 spiro atoms. The van der Waals surface area contributed by atoms with Crippen molar-refractivity contribution in [3.05, 3.63) is 72.7 Å². The van der Waals surface area contributed by atoms with Crippen LogP contribution in [0, 0.1) is 5.82 Å². The summed E-state index contributed by atoms with van der Waals surface area (Å²) in [7, 11) is 5.55. The number of aromatic nitrogens is 7. The zero-order valence-corrected chi connectivity index (χ0v) is 20.5. The van der Waals surface area contributed by atoms with Gasteiger partial charge in [-0.05, 0) is 49.5 Å². The molecule has 10 heteroatoms. The van der Waals surface area contributed by atoms with E-state index in [-0.39, 0.29) is 0 Å². The van der Waals surface area contributed by atoms with Gasteiger partial charge in [0.25, 0.3) is 0 Å². The van der Waals surface area contributed by atoms with Gasteiger partial charge in [0.2, 0.25) is 0 Å². The van der Waals surface area contributed by atoms with Crippen molar-refractivity contribution in [3.63, 3.8) is 0 Å². The van der Waals surface area contributed by atoms with E-state index >= 15 is 0 Å². The van der Waals surface area contributed by atoms with Gasteiger partial charge >= 0.3 is 0 Å². The summed E-state index contributed by atoms with van der Waals surface area (Å²) in [5.74, 6) is 0.588. The molecule has 0 aliphatic heterocycles. The van der Waals surface area contributed by atoms with Gasteiger partial charge in [0, 0.05) is 47.7 Å². The van der Waals surface area contributed by atoms with Crippen LogP contribution in [0.15, 0.2) is 61.3 Å². The highest BCUT2D eigenvalue weighted by molar-refractivity contribution is 5.97. The van der Waals surface area contributed by atoms with E-state index in [4.69, 9.17) is 9.72 Å². The molecule has 0 saturated carbocycles. The van der Waals surface area contributed by atoms with Crippen molar-refractivity contribution >= 4 is 21.9 Å². The molecule has 0 unspecified atom stereocenters. The second kappa shape index (κ2) is 9.07. The second-order valence-electron chi connectivity index (χ2n) is 9.06. The molecule has 9 nitrogen and oxygen atoms in total. The van der Waals surface area contributed by atoms with Crippen molar-refractivity contribution in [3.8, 4) is 39.7 Å². The minimum Gasteiger partial charge on any atom is -0.497 e. The third-order valence-electron chi connectivity index (χ3n) is 6.07. The molecule has 2 N–H and O–H groups in total. The third-order valence-corrected chi connectivity index (χ3v) is 6.07. The highest BCUT2D eigenvalue weighted by Crippen LogP contribution is 2.33. The normalized spacial score (nSPS) is 11.6. The summed E-state index contributed by atoms with van der Waals surface area (Å²) >= 11 is 0. The van der Waals surface area contributed by atoms with E-state index in [2.05, 4.69) is 41.1 Å². The number of nitrogens with zero attached hydrogens (tertiary/aromatic N) is 6. The molecule has 6 aromatic rings. The van der Waals surface area contributed by atoms with Gasteiger partial charge in [-0.1, -0.05) is 0 Å². The first-order chi connectivity index (χ1) is 18.0. The van der Waals surface area contributed by atoms with E-state index < -0.39 is 5.82 Å². The van der Waals surface area contributed by atoms with Gasteiger partial charge in [-0.3, -0.25) is 20.1 Å². The first-order valence-corrected chi connectivity index (χ1v) is 11.6. The second-order valence-corrected chi connectivity index (χ2v) is 9.06. The fraction of sp³-hybridized carbons (Fsp3) is 0.148. The Bertz CT molecular complexity index is 1760. The van der Waals surface area contributed by atoms with Gasteiger partial charge in [0.15, 0.2) is 5.82 Å². The maximum Gasteiger partial charge on any atom is 0.159 e. The van der Waals surface area contributed by atoms with Gasteiger partial charge in [0.05, 0.1) is 41.7 Å². The van der Waals surface area contributed by atoms with Crippen molar-refractivity contribution in [1.82, 2.24) is 40.0 Å². The van der Waals surface area contributed by atoms with Crippen LogP contribution in [0.4, 0.5) is 4.39 Å². The van der Waals surface area contributed by atoms with Crippen molar-refractivity contribution in [2.24, 2.45) is 0 Å². The Balaban J connectivity index is 1.45. The summed E-state index contributed by atoms with van der Waals surface area (Å²) in [6.07, 6.45) is 8.78. The molecule has 0 aliphatic rings. The molecule has 0 bridgehead atoms. The van der Waals surface area contributed by atoms with Gasteiger partial charge < -0.3 is 14.6 Å². The summed E-state index contributed by atoms with van der Waals surface area (Å²) in [4.78, 5) is 23.6. The monoisotopic (exact) mass is 494 g/mol. The Morgan fingerprint density at radius 3 is 2.62 bits per heavy atom. The first kappa shape index (κ1) is 22.7. The van der Waals surface area contributed by atoms with E-state index in [1.54, 1.807) is 30.9 Å². The Morgan fingerprint density at radius 2 is 1.78 bits per heavy atom. The van der Waals surface area contributed by atoms with Crippen LogP contribution in [0.5, 0.6) is 5.75 Å². The van der Waals surface area contributed by atoms with E-state index in [1.165, 1.54) is 19.2 Å². The number of nitrogens with one attached hydrogen (secondary N) is 2. The minimum atomic E-state index is -0.399. The van der Waals surface area contributed by atoms with Crippen LogP contribution in [0.25, 0.3) is 55.8 Å². The fourth-order valence-corrected chi connectivity index (χ4v) is 4.43. The molecule has 1 aromatic carbocycles. The number of hydrogen-bond acceptors (Lipinski definition) is 7. The molecule has 5 aromatic heterocycles. The van der Waals surface area contributed by atoms with Crippen LogP contribution >= 0.6 is 0 Å². The molecular formula is C27H23FN8O. The molecule has 6 rings (SSSR count). The summed E-state index contributed by atoms with van der Waals surface area (Å²) in [5.41, 5.74) is 6.91. The quantitative estimate of drug-likeness (QED) is 0.341. The molecule has 0 radical (unpaired) electrons. The molecule has 0 aliphatic carbocycles. The van der Waals surface area contributed by atoms with Gasteiger partial charge in [0.1, 0.15) is 17.3 Å². The van der Waals surface area contributed by atoms with Crippen molar-refractivity contribution < 1.29 is 9.13 Å². The Labute approximate surface area is 211 Å². The topological polar surface area (TPSA) is 108 Å². The average Bonchev–Trinajstić information content (AvgIpc) is 3.51. The van der Waals surface area contributed by atoms with Crippen molar-refractivity contribution in [2.45, 2.75) is 6.54 Å². The highest BCUT2D eigenvalue weighted by Gasteiger charge is 2.17. The summed E-state index contributed by atoms with van der Waals surface area (Å²) in [6, 6.07) is 8.60. The molecule has 0 atom stereocenters. The standard InChI is InChI=1S/C27H23FN8O/c1-36(2)14-15-4-17(10-29-9-15)22-8-20-23(13-31-22)34-35-26(20)27-32-24-12-30-11-21(25(24)33-27)16-5-18(28)7-19(6-16)37-3/h4-13H,14H2,1-3H3,(H,32,33)(H,34,35). The lowest BCUT2D eigenvalue weighted by molar-refractivity contribution is 0.402. The van der Waals surface area contributed by atoms with Crippen LogP contribution in [-0.2, 0) is 6.54 Å². The molecule has 0 amide bonds. The molecular weight excluding hydrogens is 471 g/mol. The number of fused-ring (bicyclic) bond motifs is 2. The number of benzene rings is 1. The Hall–Kier alpha value is -4.70. The van der Waals surface area contributed by atoms with Gasteiger partial charge in [-0.25, -0.2) is 9.37 Å². The predicted molar refractivity (Wildman–Crippen MR) is 139 cm³/mol. The summed E-state index contributed by atoms with van der Waals surface area (Å²) in [6.45, 7) is 0.784. The van der Waals surface area contributed by atoms with Crippen LogP contribution in [0.2, 0.25) is 0 Å². The van der Waals surface area contributed by atoms with E-state index in [9.17, 15) is 4.39 Å². The van der Waals surface area contributed by atoms with Crippen LogP contribution in [0.3, 0.4) is 0 Å². The van der Waals surface area contributed by atoms with E-state index in [1.807, 2.05) is 26.4 Å². The highest BCUT2D eigenvalue weighted by atomic mass is 19.1. The zero-order chi connectivity index (χ0) is 25.5. The smallest absolute Gasteiger partial charge is 0.159 e. The predicted octanol–water partition coefficient (Wildman–Crippen LogP) is 4.83. The lowest BCUT2D eigenvalue weighted by Gasteiger charge is -2.10. The molecule has 37 heavy (non-hydrogen) atoms. The largest absolute Gasteiger partial charge is 0.497 e. The van der Waals surface area contributed by atoms with Crippen LogP contribution < -0.4 is 4.74 Å². The summed E-state index contributed by atoms with van der Waals surface area (Å²) in [5, 5.41) is 8.42. The number of rotatable bonds is 6. The number of hydrogen-bond donors (Lipinski definition) is 2.